The van der Waals surface area contributed by atoms with Gasteiger partial charge in [-0.15, -0.1) is 0 Å². The van der Waals surface area contributed by atoms with Crippen molar-refractivity contribution in [3.63, 3.8) is 0 Å². The average Bonchev–Trinajstić information content (AvgIpc) is 1.87. The Balaban J connectivity index is 0. The highest BCUT2D eigenvalue weighted by Gasteiger charge is 1.89. The highest BCUT2D eigenvalue weighted by Crippen LogP contribution is 1.69. The van der Waals surface area contributed by atoms with Crippen LogP contribution in [0.5, 0.6) is 0 Å². The number of carbonyl (C=O) groups excluding carboxylic acids is 2. The van der Waals surface area contributed by atoms with Crippen LogP contribution in [0.3, 0.4) is 0 Å². The maximum absolute atomic E-state index is 9.95. The molecule has 0 aliphatic rings. The fourth-order valence-electron chi connectivity index (χ4n) is 0.173. The number of hydrogen-bond donors (Lipinski definition) is 4. The standard InChI is InChI=1S/C3H8N2O2.CH4N2O/c1-2-7-3(6)5-4;2-1(3)4/h2,4H2,1H3,(H,5,6);(H4,2,3,4). The van der Waals surface area contributed by atoms with Crippen molar-refractivity contribution in [3.8, 4) is 0 Å². The van der Waals surface area contributed by atoms with Gasteiger partial charge < -0.3 is 16.2 Å². The van der Waals surface area contributed by atoms with Gasteiger partial charge in [-0.3, -0.25) is 5.43 Å². The summed E-state index contributed by atoms with van der Waals surface area (Å²) in [6, 6.07) is -0.833. The lowest BCUT2D eigenvalue weighted by Gasteiger charge is -1.95. The van der Waals surface area contributed by atoms with Crippen LogP contribution in [-0.2, 0) is 4.74 Å². The van der Waals surface area contributed by atoms with Gasteiger partial charge in [0.25, 0.3) is 0 Å². The number of hydrogen-bond acceptors (Lipinski definition) is 4. The van der Waals surface area contributed by atoms with Crippen LogP contribution in [0.25, 0.3) is 0 Å². The zero-order valence-corrected chi connectivity index (χ0v) is 6.16. The maximum Gasteiger partial charge on any atom is 0.421 e. The van der Waals surface area contributed by atoms with E-state index in [1.165, 1.54) is 0 Å². The molecule has 7 nitrogen and oxygen atoms in total. The van der Waals surface area contributed by atoms with Crippen molar-refractivity contribution in [2.75, 3.05) is 6.61 Å². The third-order valence-electron chi connectivity index (χ3n) is 0.393. The number of amides is 3. The Bertz CT molecular complexity index is 123. The molecule has 0 spiro atoms. The number of nitrogens with two attached hydrogens (primary N) is 3. The van der Waals surface area contributed by atoms with Crippen LogP contribution in [-0.4, -0.2) is 18.7 Å². The summed E-state index contributed by atoms with van der Waals surface area (Å²) < 4.78 is 4.32. The van der Waals surface area contributed by atoms with Crippen LogP contribution in [0.2, 0.25) is 0 Å². The molecule has 0 radical (unpaired) electrons. The Morgan fingerprint density at radius 1 is 1.45 bits per heavy atom. The van der Waals surface area contributed by atoms with Gasteiger partial charge in [-0.1, -0.05) is 0 Å². The van der Waals surface area contributed by atoms with Crippen molar-refractivity contribution >= 4 is 12.1 Å². The van der Waals surface area contributed by atoms with Crippen LogP contribution < -0.4 is 22.7 Å². The van der Waals surface area contributed by atoms with Crippen molar-refractivity contribution in [2.24, 2.45) is 17.3 Å². The molecular formula is C4H12N4O3. The quantitative estimate of drug-likeness (QED) is 0.216. The lowest BCUT2D eigenvalue weighted by Crippen LogP contribution is -2.30. The van der Waals surface area contributed by atoms with E-state index in [0.717, 1.165) is 0 Å². The Kier molecular flexibility index (Phi) is 9.43. The number of urea groups is 1. The molecule has 0 saturated heterocycles. The zero-order valence-electron chi connectivity index (χ0n) is 6.16. The van der Waals surface area contributed by atoms with Gasteiger partial charge in [0, 0.05) is 0 Å². The van der Waals surface area contributed by atoms with E-state index in [1.807, 2.05) is 0 Å². The summed E-state index contributed by atoms with van der Waals surface area (Å²) in [5, 5.41) is 0. The number of nitrogens with one attached hydrogen (secondary N) is 1. The summed E-state index contributed by atoms with van der Waals surface area (Å²) in [6.45, 7) is 2.05. The fraction of sp³-hybridized carbons (Fsp3) is 0.500. The molecule has 66 valence electrons. The summed E-state index contributed by atoms with van der Waals surface area (Å²) in [5.74, 6) is 4.63. The summed E-state index contributed by atoms with van der Waals surface area (Å²) in [5.41, 5.74) is 10.3. The highest BCUT2D eigenvalue weighted by atomic mass is 16.5. The summed E-state index contributed by atoms with van der Waals surface area (Å²) in [4.78, 5) is 19.0. The van der Waals surface area contributed by atoms with Crippen LogP contribution in [0.4, 0.5) is 9.59 Å². The molecule has 0 unspecified atom stereocenters. The molecule has 0 aromatic rings. The van der Waals surface area contributed by atoms with Gasteiger partial charge in [0.05, 0.1) is 6.61 Å². The monoisotopic (exact) mass is 164 g/mol. The van der Waals surface area contributed by atoms with E-state index in [1.54, 1.807) is 12.3 Å². The second-order valence-electron chi connectivity index (χ2n) is 1.27. The molecule has 7 heteroatoms. The topological polar surface area (TPSA) is 133 Å². The van der Waals surface area contributed by atoms with Crippen molar-refractivity contribution in [1.29, 1.82) is 0 Å². The Morgan fingerprint density at radius 2 is 1.82 bits per heavy atom. The first-order chi connectivity index (χ1) is 5.04. The third-order valence-corrected chi connectivity index (χ3v) is 0.393. The van der Waals surface area contributed by atoms with Crippen molar-refractivity contribution in [3.05, 3.63) is 0 Å². The van der Waals surface area contributed by atoms with Gasteiger partial charge in [0.1, 0.15) is 0 Å². The molecule has 0 aromatic carbocycles. The number of carbonyl (C=O) groups is 2. The molecule has 3 amide bonds. The molecule has 0 fully saturated rings. The van der Waals surface area contributed by atoms with Crippen molar-refractivity contribution in [2.45, 2.75) is 6.92 Å². The van der Waals surface area contributed by atoms with Crippen LogP contribution in [0.15, 0.2) is 0 Å². The molecule has 0 aliphatic heterocycles. The number of hydrazine groups is 1. The van der Waals surface area contributed by atoms with E-state index in [2.05, 4.69) is 22.0 Å². The van der Waals surface area contributed by atoms with E-state index in [-0.39, 0.29) is 0 Å². The molecule has 0 rings (SSSR count). The predicted octanol–water partition coefficient (Wildman–Crippen LogP) is -1.37. The molecule has 0 bridgehead atoms. The predicted molar refractivity (Wildman–Crippen MR) is 38.1 cm³/mol. The Hall–Kier alpha value is -1.50. The Morgan fingerprint density at radius 3 is 1.91 bits per heavy atom. The summed E-state index contributed by atoms with van der Waals surface area (Å²) >= 11 is 0. The van der Waals surface area contributed by atoms with E-state index in [4.69, 9.17) is 4.79 Å². The van der Waals surface area contributed by atoms with E-state index < -0.39 is 12.1 Å². The van der Waals surface area contributed by atoms with Crippen molar-refractivity contribution in [1.82, 2.24) is 5.43 Å². The summed E-state index contributed by atoms with van der Waals surface area (Å²) in [6.07, 6.45) is -0.595. The molecule has 0 aromatic heterocycles. The lowest BCUT2D eigenvalue weighted by atomic mass is 10.9. The van der Waals surface area contributed by atoms with Crippen molar-refractivity contribution < 1.29 is 14.3 Å². The molecular weight excluding hydrogens is 152 g/mol. The third kappa shape index (κ3) is 29.3. The van der Waals surface area contributed by atoms with Crippen LogP contribution in [0.1, 0.15) is 6.92 Å². The Labute approximate surface area is 63.8 Å². The first-order valence-electron chi connectivity index (χ1n) is 2.72. The lowest BCUT2D eigenvalue weighted by molar-refractivity contribution is 0.152. The highest BCUT2D eigenvalue weighted by molar-refractivity contribution is 5.69. The molecule has 0 saturated carbocycles. The van der Waals surface area contributed by atoms with Gasteiger partial charge >= 0.3 is 12.1 Å². The summed E-state index contributed by atoms with van der Waals surface area (Å²) in [7, 11) is 0. The molecule has 0 aliphatic carbocycles. The van der Waals surface area contributed by atoms with Gasteiger partial charge in [-0.2, -0.15) is 0 Å². The van der Waals surface area contributed by atoms with E-state index in [0.29, 0.717) is 6.61 Å². The van der Waals surface area contributed by atoms with Crippen LogP contribution in [0, 0.1) is 0 Å². The second-order valence-corrected chi connectivity index (χ2v) is 1.27. The number of primary amides is 2. The molecule has 0 atom stereocenters. The van der Waals surface area contributed by atoms with Gasteiger partial charge in [-0.25, -0.2) is 15.4 Å². The first-order valence-corrected chi connectivity index (χ1v) is 2.72. The largest absolute Gasteiger partial charge is 0.449 e. The minimum Gasteiger partial charge on any atom is -0.449 e. The minimum absolute atomic E-state index is 0.350. The minimum atomic E-state index is -0.833. The maximum atomic E-state index is 9.95. The van der Waals surface area contributed by atoms with Gasteiger partial charge in [0.15, 0.2) is 0 Å². The first kappa shape index (κ1) is 12.2. The van der Waals surface area contributed by atoms with E-state index in [9.17, 15) is 4.79 Å². The second kappa shape index (κ2) is 8.50. The van der Waals surface area contributed by atoms with Gasteiger partial charge in [-0.05, 0) is 6.92 Å². The number of rotatable bonds is 1. The van der Waals surface area contributed by atoms with E-state index >= 15 is 0 Å². The normalized spacial score (nSPS) is 7.09. The zero-order chi connectivity index (χ0) is 9.28. The molecule has 11 heavy (non-hydrogen) atoms. The smallest absolute Gasteiger partial charge is 0.421 e. The SMILES string of the molecule is CCOC(=O)NN.NC(N)=O. The average molecular weight is 164 g/mol. The molecule has 0 heterocycles. The van der Waals surface area contributed by atoms with Gasteiger partial charge in [0.2, 0.25) is 0 Å². The number of ether oxygens (including phenoxy) is 1. The molecule has 7 N–H and O–H groups in total. The fourth-order valence-corrected chi connectivity index (χ4v) is 0.173. The van der Waals surface area contributed by atoms with Crippen LogP contribution >= 0.6 is 0 Å².